The van der Waals surface area contributed by atoms with Crippen molar-refractivity contribution in [2.75, 3.05) is 0 Å². The minimum atomic E-state index is 0.0328. The Balaban J connectivity index is 2.05. The molecule has 1 aromatic heterocycles. The Kier molecular flexibility index (Phi) is 3.22. The largest absolute Gasteiger partial charge is 0.313 e. The van der Waals surface area contributed by atoms with Gasteiger partial charge in [0.15, 0.2) is 0 Å². The van der Waals surface area contributed by atoms with Gasteiger partial charge in [0.1, 0.15) is 5.78 Å². The van der Waals surface area contributed by atoms with Gasteiger partial charge in [-0.05, 0) is 32.3 Å². The van der Waals surface area contributed by atoms with Crippen LogP contribution in [0.25, 0.3) is 0 Å². The summed E-state index contributed by atoms with van der Waals surface area (Å²) in [6.45, 7) is 2.60. The number of ketones is 1. The van der Waals surface area contributed by atoms with Gasteiger partial charge in [0.2, 0.25) is 0 Å². The number of nitrogens with zero attached hydrogens (tertiary/aromatic N) is 1. The molecule has 0 radical (unpaired) electrons. The molecule has 3 nitrogen and oxygen atoms in total. The first-order valence-electron chi connectivity index (χ1n) is 5.87. The second-order valence-electron chi connectivity index (χ2n) is 4.50. The molecule has 0 aliphatic heterocycles. The van der Waals surface area contributed by atoms with E-state index in [1.54, 1.807) is 16.7 Å². The van der Waals surface area contributed by atoms with Gasteiger partial charge < -0.3 is 4.57 Å². The van der Waals surface area contributed by atoms with Gasteiger partial charge in [-0.1, -0.05) is 6.07 Å². The lowest BCUT2D eigenvalue weighted by Gasteiger charge is -2.12. The lowest BCUT2D eigenvalue weighted by Crippen LogP contribution is -2.23. The fourth-order valence-corrected chi connectivity index (χ4v) is 2.39. The number of hydrogen-bond donors (Lipinski definition) is 0. The van der Waals surface area contributed by atoms with E-state index in [1.807, 2.05) is 13.0 Å². The molecule has 1 fully saturated rings. The van der Waals surface area contributed by atoms with Gasteiger partial charge in [0.05, 0.1) is 0 Å². The first-order valence-corrected chi connectivity index (χ1v) is 5.87. The van der Waals surface area contributed by atoms with Crippen LogP contribution in [-0.2, 0) is 11.3 Å². The molecular formula is C13H17NO2. The number of carbonyl (C=O) groups is 1. The molecule has 0 bridgehead atoms. The van der Waals surface area contributed by atoms with Crippen LogP contribution < -0.4 is 5.56 Å². The van der Waals surface area contributed by atoms with Crippen molar-refractivity contribution in [2.24, 2.45) is 5.92 Å². The molecule has 0 N–H and O–H groups in total. The van der Waals surface area contributed by atoms with Crippen LogP contribution in [0.1, 0.15) is 31.4 Å². The first-order chi connectivity index (χ1) is 7.68. The Morgan fingerprint density at radius 3 is 2.81 bits per heavy atom. The van der Waals surface area contributed by atoms with Crippen molar-refractivity contribution in [3.8, 4) is 0 Å². The smallest absolute Gasteiger partial charge is 0.250 e. The average Bonchev–Trinajstić information content (AvgIpc) is 2.64. The molecular weight excluding hydrogens is 202 g/mol. The van der Waals surface area contributed by atoms with Crippen LogP contribution in [0.2, 0.25) is 0 Å². The predicted octanol–water partition coefficient (Wildman–Crippen LogP) is 1.92. The third kappa shape index (κ3) is 2.23. The van der Waals surface area contributed by atoms with E-state index >= 15 is 0 Å². The molecule has 1 atom stereocenters. The van der Waals surface area contributed by atoms with Gasteiger partial charge in [-0.2, -0.15) is 0 Å². The van der Waals surface area contributed by atoms with E-state index in [0.29, 0.717) is 12.3 Å². The van der Waals surface area contributed by atoms with Crippen LogP contribution in [0.3, 0.4) is 0 Å². The molecule has 1 heterocycles. The Labute approximate surface area is 95.1 Å². The summed E-state index contributed by atoms with van der Waals surface area (Å²) in [5, 5.41) is 0. The zero-order valence-electron chi connectivity index (χ0n) is 9.61. The topological polar surface area (TPSA) is 39.1 Å². The standard InChI is InChI=1S/C13H17NO2/c1-10-4-2-7-13(16)14(10)9-8-11-5-3-6-12(11)15/h2,4,7,11H,3,5-6,8-9H2,1H3. The highest BCUT2D eigenvalue weighted by atomic mass is 16.1. The average molecular weight is 219 g/mol. The quantitative estimate of drug-likeness (QED) is 0.779. The van der Waals surface area contributed by atoms with E-state index in [-0.39, 0.29) is 11.5 Å². The fourth-order valence-electron chi connectivity index (χ4n) is 2.39. The maximum Gasteiger partial charge on any atom is 0.250 e. The van der Waals surface area contributed by atoms with Crippen LogP contribution in [0.4, 0.5) is 0 Å². The second-order valence-corrected chi connectivity index (χ2v) is 4.50. The zero-order valence-corrected chi connectivity index (χ0v) is 9.61. The lowest BCUT2D eigenvalue weighted by atomic mass is 10.0. The summed E-state index contributed by atoms with van der Waals surface area (Å²) in [5.41, 5.74) is 1.00. The maximum absolute atomic E-state index is 11.6. The monoisotopic (exact) mass is 219 g/mol. The molecule has 1 aliphatic carbocycles. The predicted molar refractivity (Wildman–Crippen MR) is 62.4 cm³/mol. The van der Waals surface area contributed by atoms with Crippen LogP contribution in [0.5, 0.6) is 0 Å². The Morgan fingerprint density at radius 2 is 2.19 bits per heavy atom. The molecule has 0 aromatic carbocycles. The zero-order chi connectivity index (χ0) is 11.5. The van der Waals surface area contributed by atoms with Gasteiger partial charge in [-0.15, -0.1) is 0 Å². The highest BCUT2D eigenvalue weighted by molar-refractivity contribution is 5.82. The summed E-state index contributed by atoms with van der Waals surface area (Å²) in [7, 11) is 0. The first kappa shape index (κ1) is 11.1. The third-order valence-electron chi connectivity index (χ3n) is 3.40. The molecule has 1 aliphatic rings. The van der Waals surface area contributed by atoms with E-state index in [0.717, 1.165) is 31.4 Å². The number of pyridine rings is 1. The number of carbonyl (C=O) groups excluding carboxylic acids is 1. The minimum absolute atomic E-state index is 0.0328. The molecule has 86 valence electrons. The van der Waals surface area contributed by atoms with Crippen molar-refractivity contribution in [3.63, 3.8) is 0 Å². The Bertz CT molecular complexity index is 447. The molecule has 3 heteroatoms. The van der Waals surface area contributed by atoms with Gasteiger partial charge in [-0.25, -0.2) is 0 Å². The van der Waals surface area contributed by atoms with Gasteiger partial charge in [0.25, 0.3) is 5.56 Å². The second kappa shape index (κ2) is 4.64. The molecule has 2 rings (SSSR count). The maximum atomic E-state index is 11.6. The summed E-state index contributed by atoms with van der Waals surface area (Å²) in [6.07, 6.45) is 3.56. The fraction of sp³-hybridized carbons (Fsp3) is 0.538. The van der Waals surface area contributed by atoms with Crippen molar-refractivity contribution in [2.45, 2.75) is 39.2 Å². The minimum Gasteiger partial charge on any atom is -0.313 e. The summed E-state index contributed by atoms with van der Waals surface area (Å²) in [6, 6.07) is 5.27. The van der Waals surface area contributed by atoms with Gasteiger partial charge >= 0.3 is 0 Å². The van der Waals surface area contributed by atoms with Crippen molar-refractivity contribution >= 4 is 5.78 Å². The van der Waals surface area contributed by atoms with Crippen molar-refractivity contribution in [1.82, 2.24) is 4.57 Å². The van der Waals surface area contributed by atoms with E-state index in [9.17, 15) is 9.59 Å². The number of aryl methyl sites for hydroxylation is 1. The molecule has 1 saturated carbocycles. The van der Waals surface area contributed by atoms with Crippen molar-refractivity contribution in [1.29, 1.82) is 0 Å². The van der Waals surface area contributed by atoms with E-state index in [4.69, 9.17) is 0 Å². The van der Waals surface area contributed by atoms with Crippen molar-refractivity contribution in [3.05, 3.63) is 34.2 Å². The van der Waals surface area contributed by atoms with Crippen molar-refractivity contribution < 1.29 is 4.79 Å². The molecule has 1 unspecified atom stereocenters. The van der Waals surface area contributed by atoms with Crippen LogP contribution in [0.15, 0.2) is 23.0 Å². The highest BCUT2D eigenvalue weighted by Gasteiger charge is 2.23. The summed E-state index contributed by atoms with van der Waals surface area (Å²) >= 11 is 0. The lowest BCUT2D eigenvalue weighted by molar-refractivity contribution is -0.120. The van der Waals surface area contributed by atoms with E-state index < -0.39 is 0 Å². The SMILES string of the molecule is Cc1cccc(=O)n1CCC1CCCC1=O. The van der Waals surface area contributed by atoms with Crippen LogP contribution in [-0.4, -0.2) is 10.4 Å². The molecule has 16 heavy (non-hydrogen) atoms. The molecule has 0 amide bonds. The Hall–Kier alpha value is -1.38. The number of hydrogen-bond acceptors (Lipinski definition) is 2. The summed E-state index contributed by atoms with van der Waals surface area (Å²) in [4.78, 5) is 23.1. The van der Waals surface area contributed by atoms with Gasteiger partial charge in [-0.3, -0.25) is 9.59 Å². The molecule has 1 aromatic rings. The molecule has 0 saturated heterocycles. The summed E-state index contributed by atoms with van der Waals surface area (Å²) < 4.78 is 1.76. The number of rotatable bonds is 3. The van der Waals surface area contributed by atoms with E-state index in [2.05, 4.69) is 0 Å². The summed E-state index contributed by atoms with van der Waals surface area (Å²) in [5.74, 6) is 0.563. The molecule has 0 spiro atoms. The van der Waals surface area contributed by atoms with E-state index in [1.165, 1.54) is 0 Å². The third-order valence-corrected chi connectivity index (χ3v) is 3.40. The highest BCUT2D eigenvalue weighted by Crippen LogP contribution is 2.24. The number of aromatic nitrogens is 1. The Morgan fingerprint density at radius 1 is 1.38 bits per heavy atom. The number of Topliss-reactive ketones (excluding diaryl/α,β-unsaturated/α-hetero) is 1. The van der Waals surface area contributed by atoms with Crippen LogP contribution >= 0.6 is 0 Å². The van der Waals surface area contributed by atoms with Gasteiger partial charge in [0, 0.05) is 30.6 Å². The van der Waals surface area contributed by atoms with Crippen LogP contribution in [0, 0.1) is 12.8 Å². The normalized spacial score (nSPS) is 20.3.